The maximum atomic E-state index is 5.62. The van der Waals surface area contributed by atoms with E-state index in [1.54, 1.807) is 0 Å². The van der Waals surface area contributed by atoms with Gasteiger partial charge >= 0.3 is 0 Å². The zero-order chi connectivity index (χ0) is 19.8. The van der Waals surface area contributed by atoms with Gasteiger partial charge in [0.25, 0.3) is 0 Å². The van der Waals surface area contributed by atoms with E-state index in [4.69, 9.17) is 4.74 Å². The average molecular weight is 513 g/mol. The molecule has 1 saturated carbocycles. The quantitative estimate of drug-likeness (QED) is 0.229. The number of para-hydroxylation sites is 2. The van der Waals surface area contributed by atoms with Crippen LogP contribution in [0.1, 0.15) is 44.9 Å². The Hall–Kier alpha value is -1.35. The van der Waals surface area contributed by atoms with Crippen molar-refractivity contribution < 1.29 is 4.74 Å². The molecule has 0 spiro atoms. The van der Waals surface area contributed by atoms with Crippen LogP contribution < -0.4 is 10.6 Å². The summed E-state index contributed by atoms with van der Waals surface area (Å²) in [6, 6.07) is 8.30. The molecule has 29 heavy (non-hydrogen) atoms. The molecule has 0 amide bonds. The predicted octanol–water partition coefficient (Wildman–Crippen LogP) is 4.11. The molecule has 2 aromatic rings. The van der Waals surface area contributed by atoms with Crippen molar-refractivity contribution >= 4 is 41.0 Å². The van der Waals surface area contributed by atoms with Crippen molar-refractivity contribution in [2.75, 3.05) is 33.4 Å². The van der Waals surface area contributed by atoms with Gasteiger partial charge in [0.05, 0.1) is 11.0 Å². The molecule has 1 heterocycles. The van der Waals surface area contributed by atoms with E-state index in [0.29, 0.717) is 5.41 Å². The Morgan fingerprint density at radius 3 is 2.72 bits per heavy atom. The molecule has 0 radical (unpaired) electrons. The molecule has 1 aromatic heterocycles. The Labute approximate surface area is 191 Å². The van der Waals surface area contributed by atoms with E-state index < -0.39 is 0 Å². The van der Waals surface area contributed by atoms with Crippen LogP contribution in [-0.2, 0) is 11.3 Å². The van der Waals surface area contributed by atoms with Crippen molar-refractivity contribution in [1.82, 2.24) is 20.2 Å². The second-order valence-corrected chi connectivity index (χ2v) is 7.81. The SMILES string of the molecule is CCOCCC1(CNC(=NC)NCCn2c(C)nc3ccccc32)CCCC1.I. The Kier molecular flexibility index (Phi) is 9.68. The molecule has 0 unspecified atom stereocenters. The number of nitrogens with zero attached hydrogens (tertiary/aromatic N) is 3. The number of guanidine groups is 1. The van der Waals surface area contributed by atoms with Crippen LogP contribution in [0.4, 0.5) is 0 Å². The number of fused-ring (bicyclic) bond motifs is 1. The summed E-state index contributed by atoms with van der Waals surface area (Å²) in [5.41, 5.74) is 2.59. The molecule has 6 nitrogen and oxygen atoms in total. The minimum Gasteiger partial charge on any atom is -0.382 e. The van der Waals surface area contributed by atoms with Crippen molar-refractivity contribution in [1.29, 1.82) is 0 Å². The summed E-state index contributed by atoms with van der Waals surface area (Å²) in [6.07, 6.45) is 6.35. The topological polar surface area (TPSA) is 63.5 Å². The molecular formula is C22H36IN5O. The van der Waals surface area contributed by atoms with Gasteiger partial charge in [-0.2, -0.15) is 0 Å². The Balaban J connectivity index is 0.00000300. The highest BCUT2D eigenvalue weighted by Crippen LogP contribution is 2.40. The Morgan fingerprint density at radius 1 is 1.24 bits per heavy atom. The summed E-state index contributed by atoms with van der Waals surface area (Å²) in [5.74, 6) is 1.93. The number of rotatable bonds is 9. The Bertz CT molecular complexity index is 783. The molecule has 3 rings (SSSR count). The molecule has 162 valence electrons. The van der Waals surface area contributed by atoms with Crippen molar-refractivity contribution in [3.63, 3.8) is 0 Å². The van der Waals surface area contributed by atoms with Crippen LogP contribution in [0.2, 0.25) is 0 Å². The second kappa shape index (κ2) is 11.7. The second-order valence-electron chi connectivity index (χ2n) is 7.81. The first-order valence-corrected chi connectivity index (χ1v) is 10.6. The normalized spacial score (nSPS) is 16.0. The van der Waals surface area contributed by atoms with Gasteiger partial charge in [-0.3, -0.25) is 4.99 Å². The van der Waals surface area contributed by atoms with Gasteiger partial charge < -0.3 is 19.9 Å². The summed E-state index contributed by atoms with van der Waals surface area (Å²) >= 11 is 0. The van der Waals surface area contributed by atoms with Gasteiger partial charge in [0.1, 0.15) is 5.82 Å². The number of aryl methyl sites for hydroxylation is 1. The molecule has 1 aliphatic carbocycles. The predicted molar refractivity (Wildman–Crippen MR) is 131 cm³/mol. The molecule has 0 aliphatic heterocycles. The van der Waals surface area contributed by atoms with Crippen LogP contribution in [0.3, 0.4) is 0 Å². The van der Waals surface area contributed by atoms with Crippen molar-refractivity contribution in [3.8, 4) is 0 Å². The van der Waals surface area contributed by atoms with Crippen LogP contribution in [0, 0.1) is 12.3 Å². The molecular weight excluding hydrogens is 477 g/mol. The lowest BCUT2D eigenvalue weighted by atomic mass is 9.83. The van der Waals surface area contributed by atoms with Gasteiger partial charge in [-0.25, -0.2) is 4.98 Å². The van der Waals surface area contributed by atoms with Gasteiger partial charge in [-0.15, -0.1) is 24.0 Å². The van der Waals surface area contributed by atoms with E-state index in [0.717, 1.165) is 56.6 Å². The van der Waals surface area contributed by atoms with Gasteiger partial charge in [-0.05, 0) is 50.7 Å². The molecule has 1 aromatic carbocycles. The fourth-order valence-corrected chi connectivity index (χ4v) is 4.33. The van der Waals surface area contributed by atoms with Crippen LogP contribution >= 0.6 is 24.0 Å². The first kappa shape index (κ1) is 23.9. The average Bonchev–Trinajstić information content (AvgIpc) is 3.29. The van der Waals surface area contributed by atoms with Gasteiger partial charge in [-0.1, -0.05) is 25.0 Å². The number of aliphatic imine (C=N–C) groups is 1. The van der Waals surface area contributed by atoms with Crippen LogP contribution in [0.15, 0.2) is 29.3 Å². The first-order valence-electron chi connectivity index (χ1n) is 10.6. The summed E-state index contributed by atoms with van der Waals surface area (Å²) in [6.45, 7) is 8.43. The third kappa shape index (κ3) is 6.31. The maximum Gasteiger partial charge on any atom is 0.191 e. The van der Waals surface area contributed by atoms with Crippen molar-refractivity contribution in [2.45, 2.75) is 52.5 Å². The molecule has 0 atom stereocenters. The largest absolute Gasteiger partial charge is 0.382 e. The summed E-state index contributed by atoms with van der Waals surface area (Å²) in [5, 5.41) is 7.04. The van der Waals surface area contributed by atoms with Crippen molar-refractivity contribution in [2.24, 2.45) is 10.4 Å². The zero-order valence-corrected chi connectivity index (χ0v) is 20.4. The number of aromatic nitrogens is 2. The fraction of sp³-hybridized carbons (Fsp3) is 0.636. The van der Waals surface area contributed by atoms with Crippen molar-refractivity contribution in [3.05, 3.63) is 30.1 Å². The lowest BCUT2D eigenvalue weighted by molar-refractivity contribution is 0.105. The minimum absolute atomic E-state index is 0. The molecule has 0 saturated heterocycles. The molecule has 7 heteroatoms. The van der Waals surface area contributed by atoms with E-state index in [-0.39, 0.29) is 24.0 Å². The molecule has 1 fully saturated rings. The standard InChI is InChI=1S/C22H35N5O.HI/c1-4-28-16-13-22(11-7-8-12-22)17-25-21(23-3)24-14-15-27-18(2)26-19-9-5-6-10-20(19)27;/h5-6,9-10H,4,7-8,11-17H2,1-3H3,(H2,23,24,25);1H. The lowest BCUT2D eigenvalue weighted by Gasteiger charge is -2.30. The first-order chi connectivity index (χ1) is 13.7. The smallest absolute Gasteiger partial charge is 0.191 e. The van der Waals surface area contributed by atoms with E-state index in [1.807, 2.05) is 13.1 Å². The van der Waals surface area contributed by atoms with Gasteiger partial charge in [0.2, 0.25) is 0 Å². The number of hydrogen-bond acceptors (Lipinski definition) is 3. The Morgan fingerprint density at radius 2 is 2.00 bits per heavy atom. The monoisotopic (exact) mass is 513 g/mol. The van der Waals surface area contributed by atoms with Crippen LogP contribution in [0.25, 0.3) is 11.0 Å². The maximum absolute atomic E-state index is 5.62. The van der Waals surface area contributed by atoms with Crippen LogP contribution in [-0.4, -0.2) is 48.9 Å². The van der Waals surface area contributed by atoms with Crippen LogP contribution in [0.5, 0.6) is 0 Å². The highest BCUT2D eigenvalue weighted by Gasteiger charge is 2.33. The third-order valence-electron chi connectivity index (χ3n) is 5.97. The third-order valence-corrected chi connectivity index (χ3v) is 5.97. The van der Waals surface area contributed by atoms with E-state index in [9.17, 15) is 0 Å². The molecule has 1 aliphatic rings. The van der Waals surface area contributed by atoms with Gasteiger partial charge in [0.15, 0.2) is 5.96 Å². The number of ether oxygens (including phenoxy) is 1. The number of benzene rings is 1. The van der Waals surface area contributed by atoms with E-state index >= 15 is 0 Å². The summed E-state index contributed by atoms with van der Waals surface area (Å²) in [4.78, 5) is 9.06. The number of imidazole rings is 1. The van der Waals surface area contributed by atoms with Gasteiger partial charge in [0, 0.05) is 39.9 Å². The molecule has 0 bridgehead atoms. The summed E-state index contributed by atoms with van der Waals surface area (Å²) in [7, 11) is 1.84. The zero-order valence-electron chi connectivity index (χ0n) is 18.0. The van der Waals surface area contributed by atoms with E-state index in [1.165, 1.54) is 31.2 Å². The fourth-order valence-electron chi connectivity index (χ4n) is 4.33. The van der Waals surface area contributed by atoms with E-state index in [2.05, 4.69) is 57.2 Å². The lowest BCUT2D eigenvalue weighted by Crippen LogP contribution is -2.44. The number of hydrogen-bond donors (Lipinski definition) is 2. The highest BCUT2D eigenvalue weighted by atomic mass is 127. The number of nitrogens with one attached hydrogen (secondary N) is 2. The highest BCUT2D eigenvalue weighted by molar-refractivity contribution is 14.0. The minimum atomic E-state index is 0. The summed E-state index contributed by atoms with van der Waals surface area (Å²) < 4.78 is 7.88. The number of halogens is 1. The molecule has 2 N–H and O–H groups in total.